The number of ether oxygens (including phenoxy) is 1. The summed E-state index contributed by atoms with van der Waals surface area (Å²) in [7, 11) is 0. The van der Waals surface area contributed by atoms with Crippen LogP contribution in [-0.2, 0) is 19.6 Å². The zero-order valence-corrected chi connectivity index (χ0v) is 14.1. The van der Waals surface area contributed by atoms with Crippen LogP contribution in [0, 0.1) is 5.82 Å². The van der Waals surface area contributed by atoms with Crippen molar-refractivity contribution in [1.82, 2.24) is 5.32 Å². The fourth-order valence-corrected chi connectivity index (χ4v) is 2.63. The zero-order valence-electron chi connectivity index (χ0n) is 14.1. The van der Waals surface area contributed by atoms with Crippen LogP contribution in [0.3, 0.4) is 0 Å². The van der Waals surface area contributed by atoms with E-state index in [9.17, 15) is 4.39 Å². The van der Waals surface area contributed by atoms with Crippen LogP contribution in [0.2, 0.25) is 0 Å². The Morgan fingerprint density at radius 2 is 1.56 bits per heavy atom. The van der Waals surface area contributed by atoms with Gasteiger partial charge >= 0.3 is 0 Å². The molecule has 0 radical (unpaired) electrons. The van der Waals surface area contributed by atoms with E-state index in [1.807, 2.05) is 30.3 Å². The molecule has 0 aromatic heterocycles. The van der Waals surface area contributed by atoms with Crippen molar-refractivity contribution in [3.63, 3.8) is 0 Å². The Kier molecular flexibility index (Phi) is 6.18. The molecule has 0 aliphatic carbocycles. The van der Waals surface area contributed by atoms with Crippen LogP contribution in [0.25, 0.3) is 0 Å². The monoisotopic (exact) mass is 335 g/mol. The molecule has 0 unspecified atom stereocenters. The van der Waals surface area contributed by atoms with Crippen molar-refractivity contribution in [2.45, 2.75) is 19.6 Å². The number of benzene rings is 3. The summed E-state index contributed by atoms with van der Waals surface area (Å²) >= 11 is 0. The maximum absolute atomic E-state index is 13.6. The molecule has 0 saturated carbocycles. The molecule has 0 fully saturated rings. The van der Waals surface area contributed by atoms with Gasteiger partial charge in [-0.25, -0.2) is 4.39 Å². The van der Waals surface area contributed by atoms with Crippen LogP contribution in [0.15, 0.2) is 78.9 Å². The lowest BCUT2D eigenvalue weighted by Gasteiger charge is -2.10. The normalized spacial score (nSPS) is 10.6. The molecule has 0 bridgehead atoms. The van der Waals surface area contributed by atoms with Crippen molar-refractivity contribution in [2.75, 3.05) is 6.54 Å². The lowest BCUT2D eigenvalue weighted by molar-refractivity contribution is 0.299. The third kappa shape index (κ3) is 5.44. The quantitative estimate of drug-likeness (QED) is 0.601. The topological polar surface area (TPSA) is 21.3 Å². The van der Waals surface area contributed by atoms with E-state index < -0.39 is 0 Å². The minimum Gasteiger partial charge on any atom is -0.489 e. The van der Waals surface area contributed by atoms with Crippen LogP contribution in [-0.4, -0.2) is 6.54 Å². The van der Waals surface area contributed by atoms with E-state index in [4.69, 9.17) is 4.74 Å². The van der Waals surface area contributed by atoms with E-state index in [2.05, 4.69) is 35.6 Å². The lowest BCUT2D eigenvalue weighted by Crippen LogP contribution is -2.16. The minimum atomic E-state index is -0.235. The van der Waals surface area contributed by atoms with Gasteiger partial charge in [-0.05, 0) is 42.3 Å². The lowest BCUT2D eigenvalue weighted by atomic mass is 10.1. The molecule has 2 nitrogen and oxygen atoms in total. The van der Waals surface area contributed by atoms with E-state index in [1.165, 1.54) is 11.6 Å². The molecule has 0 amide bonds. The first-order chi connectivity index (χ1) is 12.3. The number of rotatable bonds is 8. The van der Waals surface area contributed by atoms with Gasteiger partial charge in [-0.2, -0.15) is 0 Å². The first-order valence-corrected chi connectivity index (χ1v) is 8.51. The van der Waals surface area contributed by atoms with Gasteiger partial charge in [0.2, 0.25) is 0 Å². The van der Waals surface area contributed by atoms with Gasteiger partial charge < -0.3 is 10.1 Å². The van der Waals surface area contributed by atoms with Gasteiger partial charge in [0.1, 0.15) is 18.2 Å². The molecule has 3 aromatic rings. The fourth-order valence-electron chi connectivity index (χ4n) is 2.63. The summed E-state index contributed by atoms with van der Waals surface area (Å²) in [4.78, 5) is 0. The Morgan fingerprint density at radius 1 is 0.800 bits per heavy atom. The smallest absolute Gasteiger partial charge is 0.129 e. The van der Waals surface area contributed by atoms with Gasteiger partial charge in [-0.1, -0.05) is 60.7 Å². The van der Waals surface area contributed by atoms with Gasteiger partial charge in [0.15, 0.2) is 0 Å². The molecule has 3 aromatic carbocycles. The van der Waals surface area contributed by atoms with Gasteiger partial charge in [0, 0.05) is 12.1 Å². The molecule has 128 valence electrons. The Hall–Kier alpha value is -2.65. The molecular weight excluding hydrogens is 313 g/mol. The first kappa shape index (κ1) is 17.2. The number of hydrogen-bond donors (Lipinski definition) is 1. The average Bonchev–Trinajstić information content (AvgIpc) is 2.66. The summed E-state index contributed by atoms with van der Waals surface area (Å²) in [5, 5.41) is 3.44. The highest BCUT2D eigenvalue weighted by Gasteiger charge is 2.02. The van der Waals surface area contributed by atoms with Crippen LogP contribution in [0.1, 0.15) is 16.7 Å². The van der Waals surface area contributed by atoms with E-state index >= 15 is 0 Å². The van der Waals surface area contributed by atoms with E-state index in [-0.39, 0.29) is 12.4 Å². The summed E-state index contributed by atoms with van der Waals surface area (Å²) < 4.78 is 19.3. The van der Waals surface area contributed by atoms with Crippen LogP contribution in [0.5, 0.6) is 5.75 Å². The molecule has 0 heterocycles. The number of nitrogens with one attached hydrogen (secondary N) is 1. The summed E-state index contributed by atoms with van der Waals surface area (Å²) in [6, 6.07) is 25.0. The fraction of sp³-hybridized carbons (Fsp3) is 0.182. The van der Waals surface area contributed by atoms with E-state index in [1.54, 1.807) is 12.1 Å². The zero-order chi connectivity index (χ0) is 17.3. The highest BCUT2D eigenvalue weighted by Crippen LogP contribution is 2.16. The van der Waals surface area contributed by atoms with Crippen molar-refractivity contribution < 1.29 is 9.13 Å². The molecule has 1 N–H and O–H groups in total. The Morgan fingerprint density at radius 3 is 2.40 bits per heavy atom. The van der Waals surface area contributed by atoms with E-state index in [0.29, 0.717) is 5.56 Å². The van der Waals surface area contributed by atoms with Crippen LogP contribution < -0.4 is 10.1 Å². The number of hydrogen-bond acceptors (Lipinski definition) is 2. The molecule has 0 spiro atoms. The summed E-state index contributed by atoms with van der Waals surface area (Å²) in [5.41, 5.74) is 3.05. The first-order valence-electron chi connectivity index (χ1n) is 8.51. The molecule has 0 aliphatic heterocycles. The maximum Gasteiger partial charge on any atom is 0.129 e. The van der Waals surface area contributed by atoms with Crippen molar-refractivity contribution in [2.24, 2.45) is 0 Å². The second-order valence-corrected chi connectivity index (χ2v) is 5.94. The Labute approximate surface area is 148 Å². The minimum absolute atomic E-state index is 0.234. The highest BCUT2D eigenvalue weighted by atomic mass is 19.1. The largest absolute Gasteiger partial charge is 0.489 e. The summed E-state index contributed by atoms with van der Waals surface area (Å²) in [6.07, 6.45) is 1.00. The summed E-state index contributed by atoms with van der Waals surface area (Å²) in [5.74, 6) is 0.520. The van der Waals surface area contributed by atoms with Crippen molar-refractivity contribution >= 4 is 0 Å². The van der Waals surface area contributed by atoms with Crippen LogP contribution >= 0.6 is 0 Å². The maximum atomic E-state index is 13.6. The SMILES string of the molecule is Fc1ccccc1COc1cccc(CNCCc2ccccc2)c1. The Bertz CT molecular complexity index is 789. The highest BCUT2D eigenvalue weighted by molar-refractivity contribution is 5.29. The van der Waals surface area contributed by atoms with E-state index in [0.717, 1.165) is 30.8 Å². The van der Waals surface area contributed by atoms with Crippen molar-refractivity contribution in [3.05, 3.63) is 101 Å². The molecular formula is C22H22FNO. The second kappa shape index (κ2) is 9.00. The van der Waals surface area contributed by atoms with Gasteiger partial charge in [-0.3, -0.25) is 0 Å². The second-order valence-electron chi connectivity index (χ2n) is 5.94. The molecule has 3 rings (SSSR count). The predicted octanol–water partition coefficient (Wildman–Crippen LogP) is 4.74. The van der Waals surface area contributed by atoms with Gasteiger partial charge in [-0.15, -0.1) is 0 Å². The molecule has 25 heavy (non-hydrogen) atoms. The standard InChI is InChI=1S/C22H22FNO/c23-22-12-5-4-10-20(22)17-25-21-11-6-9-19(15-21)16-24-14-13-18-7-2-1-3-8-18/h1-12,15,24H,13-14,16-17H2. The van der Waals surface area contributed by atoms with Gasteiger partial charge in [0.25, 0.3) is 0 Å². The van der Waals surface area contributed by atoms with Crippen molar-refractivity contribution in [1.29, 1.82) is 0 Å². The van der Waals surface area contributed by atoms with Gasteiger partial charge in [0.05, 0.1) is 0 Å². The molecule has 0 aliphatic rings. The average molecular weight is 335 g/mol. The number of halogens is 1. The third-order valence-corrected chi connectivity index (χ3v) is 4.01. The molecule has 0 saturated heterocycles. The third-order valence-electron chi connectivity index (χ3n) is 4.01. The Balaban J connectivity index is 1.47. The van der Waals surface area contributed by atoms with Crippen molar-refractivity contribution in [3.8, 4) is 5.75 Å². The summed E-state index contributed by atoms with van der Waals surface area (Å²) in [6.45, 7) is 1.94. The van der Waals surface area contributed by atoms with Crippen LogP contribution in [0.4, 0.5) is 4.39 Å². The molecule has 0 atom stereocenters. The predicted molar refractivity (Wildman–Crippen MR) is 99.0 cm³/mol. The molecule has 3 heteroatoms.